The Bertz CT molecular complexity index is 1020. The van der Waals surface area contributed by atoms with Crippen LogP contribution in [0.25, 0.3) is 11.6 Å². The van der Waals surface area contributed by atoms with E-state index < -0.39 is 29.4 Å². The minimum atomic E-state index is -1.60. The van der Waals surface area contributed by atoms with Gasteiger partial charge in [0.25, 0.3) is 5.91 Å². The summed E-state index contributed by atoms with van der Waals surface area (Å²) >= 11 is 0. The standard InChI is InChI=1S/C18H15F3N4O2/c1-9-3-4-14(27-9)17-23-22-16-10(2)24(5-6-25(16)17)18(26)11-7-12(19)15(21)13(20)8-11/h3-4,7-8,10H,5-6H2,1-2H3. The largest absolute Gasteiger partial charge is 0.458 e. The summed E-state index contributed by atoms with van der Waals surface area (Å²) in [5.74, 6) is -2.62. The van der Waals surface area contributed by atoms with Gasteiger partial charge >= 0.3 is 0 Å². The quantitative estimate of drug-likeness (QED) is 0.643. The second-order valence-electron chi connectivity index (χ2n) is 6.37. The maximum Gasteiger partial charge on any atom is 0.254 e. The Kier molecular flexibility index (Phi) is 4.01. The van der Waals surface area contributed by atoms with Gasteiger partial charge in [-0.25, -0.2) is 13.2 Å². The van der Waals surface area contributed by atoms with E-state index in [1.54, 1.807) is 13.0 Å². The fraction of sp³-hybridized carbons (Fsp3) is 0.278. The zero-order valence-electron chi connectivity index (χ0n) is 14.5. The minimum absolute atomic E-state index is 0.256. The van der Waals surface area contributed by atoms with E-state index in [1.807, 2.05) is 17.6 Å². The van der Waals surface area contributed by atoms with Crippen molar-refractivity contribution < 1.29 is 22.4 Å². The highest BCUT2D eigenvalue weighted by atomic mass is 19.2. The van der Waals surface area contributed by atoms with Gasteiger partial charge in [-0.1, -0.05) is 0 Å². The van der Waals surface area contributed by atoms with Crippen molar-refractivity contribution in [3.8, 4) is 11.6 Å². The van der Waals surface area contributed by atoms with Gasteiger partial charge < -0.3 is 13.9 Å². The molecule has 0 aliphatic carbocycles. The number of hydrogen-bond acceptors (Lipinski definition) is 4. The first-order chi connectivity index (χ1) is 12.9. The number of furan rings is 1. The van der Waals surface area contributed by atoms with E-state index in [0.717, 1.165) is 5.76 Å². The second-order valence-corrected chi connectivity index (χ2v) is 6.37. The van der Waals surface area contributed by atoms with Crippen LogP contribution in [-0.4, -0.2) is 32.1 Å². The molecule has 0 saturated heterocycles. The fourth-order valence-electron chi connectivity index (χ4n) is 3.24. The smallest absolute Gasteiger partial charge is 0.254 e. The number of fused-ring (bicyclic) bond motifs is 1. The SMILES string of the molecule is Cc1ccc(-c2nnc3n2CCN(C(=O)c2cc(F)c(F)c(F)c2)C3C)o1. The molecule has 4 rings (SSSR count). The summed E-state index contributed by atoms with van der Waals surface area (Å²) in [4.78, 5) is 14.1. The molecular weight excluding hydrogens is 361 g/mol. The van der Waals surface area contributed by atoms with Crippen LogP contribution in [0, 0.1) is 24.4 Å². The lowest BCUT2D eigenvalue weighted by Crippen LogP contribution is -2.41. The summed E-state index contributed by atoms with van der Waals surface area (Å²) in [6.07, 6.45) is 0. The molecule has 9 heteroatoms. The molecule has 2 aromatic heterocycles. The number of aryl methyl sites for hydroxylation is 1. The Balaban J connectivity index is 1.65. The summed E-state index contributed by atoms with van der Waals surface area (Å²) < 4.78 is 47.5. The third-order valence-electron chi connectivity index (χ3n) is 4.64. The summed E-state index contributed by atoms with van der Waals surface area (Å²) in [5.41, 5.74) is -0.256. The van der Waals surface area contributed by atoms with Crippen LogP contribution in [0.4, 0.5) is 13.2 Å². The monoisotopic (exact) mass is 376 g/mol. The Hall–Kier alpha value is -3.10. The van der Waals surface area contributed by atoms with Crippen molar-refractivity contribution in [2.45, 2.75) is 26.4 Å². The molecule has 1 amide bonds. The van der Waals surface area contributed by atoms with Gasteiger partial charge in [-0.15, -0.1) is 10.2 Å². The first-order valence-electron chi connectivity index (χ1n) is 8.32. The molecule has 1 atom stereocenters. The first-order valence-corrected chi connectivity index (χ1v) is 8.32. The van der Waals surface area contributed by atoms with Crippen LogP contribution < -0.4 is 0 Å². The van der Waals surface area contributed by atoms with E-state index in [2.05, 4.69) is 10.2 Å². The van der Waals surface area contributed by atoms with Gasteiger partial charge in [0.2, 0.25) is 0 Å². The number of carbonyl (C=O) groups excluding carboxylic acids is 1. The zero-order chi connectivity index (χ0) is 19.3. The Morgan fingerprint density at radius 2 is 1.85 bits per heavy atom. The highest BCUT2D eigenvalue weighted by molar-refractivity contribution is 5.94. The number of halogens is 3. The number of rotatable bonds is 2. The molecule has 0 N–H and O–H groups in total. The van der Waals surface area contributed by atoms with Crippen molar-refractivity contribution in [3.05, 3.63) is 58.9 Å². The number of benzene rings is 1. The summed E-state index contributed by atoms with van der Waals surface area (Å²) in [7, 11) is 0. The second kappa shape index (κ2) is 6.26. The van der Waals surface area contributed by atoms with Crippen LogP contribution in [0.1, 0.15) is 34.9 Å². The molecule has 0 radical (unpaired) electrons. The van der Waals surface area contributed by atoms with Gasteiger partial charge in [-0.3, -0.25) is 4.79 Å². The molecule has 140 valence electrons. The molecule has 1 aliphatic rings. The molecule has 3 aromatic rings. The van der Waals surface area contributed by atoms with Crippen LogP contribution in [0.2, 0.25) is 0 Å². The van der Waals surface area contributed by atoms with Gasteiger partial charge in [0.1, 0.15) is 5.76 Å². The number of nitrogens with zero attached hydrogens (tertiary/aromatic N) is 4. The van der Waals surface area contributed by atoms with Crippen LogP contribution in [0.5, 0.6) is 0 Å². The van der Waals surface area contributed by atoms with Gasteiger partial charge in [-0.2, -0.15) is 0 Å². The fourth-order valence-corrected chi connectivity index (χ4v) is 3.24. The number of amides is 1. The Morgan fingerprint density at radius 3 is 2.48 bits per heavy atom. The molecular formula is C18H15F3N4O2. The lowest BCUT2D eigenvalue weighted by Gasteiger charge is -2.33. The molecule has 0 saturated carbocycles. The van der Waals surface area contributed by atoms with Crippen molar-refractivity contribution in [1.82, 2.24) is 19.7 Å². The van der Waals surface area contributed by atoms with Crippen molar-refractivity contribution >= 4 is 5.91 Å². The molecule has 0 bridgehead atoms. The lowest BCUT2D eigenvalue weighted by atomic mass is 10.1. The third-order valence-corrected chi connectivity index (χ3v) is 4.64. The van der Waals surface area contributed by atoms with Crippen LogP contribution in [0.3, 0.4) is 0 Å². The van der Waals surface area contributed by atoms with Gasteiger partial charge in [-0.05, 0) is 38.1 Å². The van der Waals surface area contributed by atoms with E-state index >= 15 is 0 Å². The van der Waals surface area contributed by atoms with Crippen molar-refractivity contribution in [2.24, 2.45) is 0 Å². The molecule has 1 unspecified atom stereocenters. The van der Waals surface area contributed by atoms with Gasteiger partial charge in [0.15, 0.2) is 34.9 Å². The lowest BCUT2D eigenvalue weighted by molar-refractivity contribution is 0.0637. The normalized spacial score (nSPS) is 16.5. The summed E-state index contributed by atoms with van der Waals surface area (Å²) in [5, 5.41) is 8.30. The maximum absolute atomic E-state index is 13.5. The highest BCUT2D eigenvalue weighted by Gasteiger charge is 2.33. The van der Waals surface area contributed by atoms with Crippen molar-refractivity contribution in [1.29, 1.82) is 0 Å². The van der Waals surface area contributed by atoms with E-state index in [0.29, 0.717) is 36.1 Å². The predicted molar refractivity (Wildman–Crippen MR) is 88.2 cm³/mol. The molecule has 0 spiro atoms. The number of carbonyl (C=O) groups is 1. The zero-order valence-corrected chi connectivity index (χ0v) is 14.5. The maximum atomic E-state index is 13.5. The van der Waals surface area contributed by atoms with Gasteiger partial charge in [0, 0.05) is 18.7 Å². The first kappa shape index (κ1) is 17.3. The Labute approximate surface area is 152 Å². The average molecular weight is 376 g/mol. The van der Waals surface area contributed by atoms with Crippen LogP contribution >= 0.6 is 0 Å². The molecule has 1 aliphatic heterocycles. The van der Waals surface area contributed by atoms with Crippen LogP contribution in [0.15, 0.2) is 28.7 Å². The van der Waals surface area contributed by atoms with E-state index in [4.69, 9.17) is 4.42 Å². The minimum Gasteiger partial charge on any atom is -0.458 e. The molecule has 3 heterocycles. The van der Waals surface area contributed by atoms with Crippen molar-refractivity contribution in [2.75, 3.05) is 6.54 Å². The Morgan fingerprint density at radius 1 is 1.15 bits per heavy atom. The summed E-state index contributed by atoms with van der Waals surface area (Å²) in [6.45, 7) is 4.23. The van der Waals surface area contributed by atoms with E-state index in [9.17, 15) is 18.0 Å². The van der Waals surface area contributed by atoms with E-state index in [-0.39, 0.29) is 12.1 Å². The average Bonchev–Trinajstić information content (AvgIpc) is 3.25. The molecule has 6 nitrogen and oxygen atoms in total. The summed E-state index contributed by atoms with van der Waals surface area (Å²) in [6, 6.07) is 4.52. The third kappa shape index (κ3) is 2.79. The predicted octanol–water partition coefficient (Wildman–Crippen LogP) is 3.48. The number of hydrogen-bond donors (Lipinski definition) is 0. The molecule has 0 fully saturated rings. The van der Waals surface area contributed by atoms with E-state index in [1.165, 1.54) is 4.90 Å². The molecule has 27 heavy (non-hydrogen) atoms. The topological polar surface area (TPSA) is 64.2 Å². The highest BCUT2D eigenvalue weighted by Crippen LogP contribution is 2.30. The van der Waals surface area contributed by atoms with Gasteiger partial charge in [0.05, 0.1) is 6.04 Å². The molecule has 1 aromatic carbocycles. The van der Waals surface area contributed by atoms with Crippen LogP contribution in [-0.2, 0) is 6.54 Å². The van der Waals surface area contributed by atoms with Crippen molar-refractivity contribution in [3.63, 3.8) is 0 Å². The number of aromatic nitrogens is 3.